The molecule has 1 fully saturated rings. The van der Waals surface area contributed by atoms with Gasteiger partial charge in [-0.25, -0.2) is 9.48 Å². The maximum absolute atomic E-state index is 12.2. The molecule has 30 heavy (non-hydrogen) atoms. The highest BCUT2D eigenvalue weighted by molar-refractivity contribution is 6.44. The number of carbonyl (C=O) groups excluding carboxylic acids is 1. The van der Waals surface area contributed by atoms with Crippen LogP contribution in [0.1, 0.15) is 15.9 Å². The van der Waals surface area contributed by atoms with Crippen LogP contribution in [0.15, 0.2) is 18.3 Å². The zero-order chi connectivity index (χ0) is 21.4. The van der Waals surface area contributed by atoms with E-state index in [-0.39, 0.29) is 42.6 Å². The van der Waals surface area contributed by atoms with Crippen LogP contribution in [0.4, 0.5) is 5.82 Å². The van der Waals surface area contributed by atoms with Crippen molar-refractivity contribution >= 4 is 24.8 Å². The van der Waals surface area contributed by atoms with Gasteiger partial charge in [0.1, 0.15) is 41.0 Å². The topological polar surface area (TPSA) is 170 Å². The number of aryl methyl sites for hydroxylation is 1. The minimum absolute atomic E-state index is 0.0961. The van der Waals surface area contributed by atoms with Gasteiger partial charge in [-0.3, -0.25) is 4.79 Å². The molecule has 0 aliphatic carbocycles. The molecule has 2 aromatic rings. The predicted octanol–water partition coefficient (Wildman–Crippen LogP) is -0.410. The van der Waals surface area contributed by atoms with Gasteiger partial charge in [0.15, 0.2) is 0 Å². The Morgan fingerprint density at radius 3 is 2.83 bits per heavy atom. The number of hydrogen-bond donors (Lipinski definition) is 2. The second-order valence-electron chi connectivity index (χ2n) is 6.91. The molecule has 4 rings (SSSR count). The Balaban J connectivity index is 1.39. The second-order valence-corrected chi connectivity index (χ2v) is 6.91. The SMILES string of the molecule is O=C(O)c1c(OC2CN(C(=O)Cn3cc([N+](=O)[O-])nn3)C2)ccc2c1OB(O)CC2. The highest BCUT2D eigenvalue weighted by atomic mass is 16.6. The van der Waals surface area contributed by atoms with Gasteiger partial charge in [0.2, 0.25) is 5.91 Å². The van der Waals surface area contributed by atoms with Crippen molar-refractivity contribution in [3.63, 3.8) is 0 Å². The molecule has 0 atom stereocenters. The average Bonchev–Trinajstić information content (AvgIpc) is 3.12. The minimum atomic E-state index is -1.24. The van der Waals surface area contributed by atoms with E-state index >= 15 is 0 Å². The minimum Gasteiger partial charge on any atom is -0.535 e. The first-order valence-electron chi connectivity index (χ1n) is 9.04. The average molecular weight is 417 g/mol. The quantitative estimate of drug-likeness (QED) is 0.358. The summed E-state index contributed by atoms with van der Waals surface area (Å²) < 4.78 is 12.1. The summed E-state index contributed by atoms with van der Waals surface area (Å²) in [7, 11) is -1.07. The molecule has 14 heteroatoms. The molecule has 2 aliphatic heterocycles. The number of nitrogens with zero attached hydrogens (tertiary/aromatic N) is 5. The van der Waals surface area contributed by atoms with Crippen LogP contribution in [0.3, 0.4) is 0 Å². The molecule has 1 saturated heterocycles. The summed E-state index contributed by atoms with van der Waals surface area (Å²) in [6.07, 6.45) is 1.50. The van der Waals surface area contributed by atoms with E-state index in [4.69, 9.17) is 9.39 Å². The maximum atomic E-state index is 12.2. The summed E-state index contributed by atoms with van der Waals surface area (Å²) >= 11 is 0. The Labute approximate surface area is 169 Å². The van der Waals surface area contributed by atoms with Crippen LogP contribution in [-0.2, 0) is 17.8 Å². The van der Waals surface area contributed by atoms with Crippen molar-refractivity contribution in [2.75, 3.05) is 13.1 Å². The number of aromatic nitrogens is 3. The number of amides is 1. The highest BCUT2D eigenvalue weighted by Crippen LogP contribution is 2.37. The molecule has 13 nitrogen and oxygen atoms in total. The molecule has 2 N–H and O–H groups in total. The molecule has 1 aromatic heterocycles. The number of hydrogen-bond acceptors (Lipinski definition) is 9. The Bertz CT molecular complexity index is 1020. The van der Waals surface area contributed by atoms with E-state index in [0.717, 1.165) is 10.9 Å². The number of carboxylic acid groups (broad SMARTS) is 1. The Hall–Kier alpha value is -3.68. The molecule has 0 unspecified atom stereocenters. The first kappa shape index (κ1) is 19.6. The molecule has 1 amide bonds. The van der Waals surface area contributed by atoms with Crippen LogP contribution in [0.25, 0.3) is 0 Å². The van der Waals surface area contributed by atoms with Crippen molar-refractivity contribution in [2.45, 2.75) is 25.4 Å². The van der Waals surface area contributed by atoms with Crippen LogP contribution in [-0.4, -0.2) is 73.1 Å². The van der Waals surface area contributed by atoms with Gasteiger partial charge in [0, 0.05) is 0 Å². The first-order chi connectivity index (χ1) is 14.3. The summed E-state index contributed by atoms with van der Waals surface area (Å²) in [6, 6.07) is 3.24. The van der Waals surface area contributed by atoms with Crippen LogP contribution in [0.2, 0.25) is 6.32 Å². The van der Waals surface area contributed by atoms with E-state index in [2.05, 4.69) is 10.3 Å². The molecular formula is C16H16BN5O8. The van der Waals surface area contributed by atoms with Gasteiger partial charge in [-0.1, -0.05) is 6.07 Å². The summed E-state index contributed by atoms with van der Waals surface area (Å²) in [5, 5.41) is 36.8. The second kappa shape index (κ2) is 7.63. The summed E-state index contributed by atoms with van der Waals surface area (Å²) in [6.45, 7) is 0.225. The van der Waals surface area contributed by atoms with E-state index in [9.17, 15) is 29.8 Å². The third-order valence-electron chi connectivity index (χ3n) is 4.83. The Kier molecular flexibility index (Phi) is 4.99. The standard InChI is InChI=1S/C16H16BN5O8/c23-13(8-21-7-12(18-19-21)22(27)28)20-5-10(6-20)29-11-2-1-9-3-4-17(26)30-15(9)14(11)16(24)25/h1-2,7,10,26H,3-6,8H2,(H,24,25). The van der Waals surface area contributed by atoms with E-state index in [0.29, 0.717) is 18.3 Å². The number of benzene rings is 1. The summed E-state index contributed by atoms with van der Waals surface area (Å²) in [5.41, 5.74) is 0.517. The fourth-order valence-corrected chi connectivity index (χ4v) is 3.30. The molecule has 0 saturated carbocycles. The van der Waals surface area contributed by atoms with E-state index in [1.807, 2.05) is 0 Å². The van der Waals surface area contributed by atoms with Crippen molar-refractivity contribution in [1.82, 2.24) is 19.9 Å². The zero-order valence-corrected chi connectivity index (χ0v) is 15.5. The molecule has 156 valence electrons. The molecule has 2 aliphatic rings. The third-order valence-corrected chi connectivity index (χ3v) is 4.83. The normalized spacial score (nSPS) is 15.8. The van der Waals surface area contributed by atoms with Gasteiger partial charge in [-0.05, 0) is 29.3 Å². The van der Waals surface area contributed by atoms with Gasteiger partial charge in [-0.2, -0.15) is 0 Å². The van der Waals surface area contributed by atoms with E-state index in [1.54, 1.807) is 12.1 Å². The fraction of sp³-hybridized carbons (Fsp3) is 0.375. The van der Waals surface area contributed by atoms with Gasteiger partial charge in [0.25, 0.3) is 0 Å². The zero-order valence-electron chi connectivity index (χ0n) is 15.5. The number of rotatable bonds is 6. The predicted molar refractivity (Wildman–Crippen MR) is 98.2 cm³/mol. The number of fused-ring (bicyclic) bond motifs is 1. The number of nitro groups is 1. The lowest BCUT2D eigenvalue weighted by molar-refractivity contribution is -0.389. The molecule has 0 radical (unpaired) electrons. The number of carboxylic acids is 1. The third kappa shape index (κ3) is 3.76. The van der Waals surface area contributed by atoms with Gasteiger partial charge >= 0.3 is 18.9 Å². The van der Waals surface area contributed by atoms with Crippen LogP contribution in [0, 0.1) is 10.1 Å². The fourth-order valence-electron chi connectivity index (χ4n) is 3.30. The molecule has 1 aromatic carbocycles. The Morgan fingerprint density at radius 1 is 1.40 bits per heavy atom. The van der Waals surface area contributed by atoms with Crippen molar-refractivity contribution < 1.29 is 34.0 Å². The largest absolute Gasteiger partial charge is 0.535 e. The molecule has 0 bridgehead atoms. The number of ether oxygens (including phenoxy) is 1. The van der Waals surface area contributed by atoms with E-state index in [1.165, 1.54) is 4.90 Å². The molecule has 0 spiro atoms. The summed E-state index contributed by atoms with van der Waals surface area (Å²) in [4.78, 5) is 35.4. The van der Waals surface area contributed by atoms with Crippen molar-refractivity contribution in [1.29, 1.82) is 0 Å². The lowest BCUT2D eigenvalue weighted by Gasteiger charge is -2.39. The van der Waals surface area contributed by atoms with Crippen molar-refractivity contribution in [2.24, 2.45) is 0 Å². The molecule has 3 heterocycles. The number of carbonyl (C=O) groups is 2. The van der Waals surface area contributed by atoms with Crippen LogP contribution >= 0.6 is 0 Å². The van der Waals surface area contributed by atoms with Crippen LogP contribution in [0.5, 0.6) is 11.5 Å². The highest BCUT2D eigenvalue weighted by Gasteiger charge is 2.35. The van der Waals surface area contributed by atoms with Gasteiger partial charge < -0.3 is 34.5 Å². The first-order valence-corrected chi connectivity index (χ1v) is 9.04. The number of aromatic carboxylic acids is 1. The Morgan fingerprint density at radius 2 is 2.17 bits per heavy atom. The van der Waals surface area contributed by atoms with Crippen LogP contribution < -0.4 is 9.39 Å². The van der Waals surface area contributed by atoms with E-state index < -0.39 is 29.9 Å². The lowest BCUT2D eigenvalue weighted by atomic mass is 9.78. The lowest BCUT2D eigenvalue weighted by Crippen LogP contribution is -2.57. The summed E-state index contributed by atoms with van der Waals surface area (Å²) in [5.74, 6) is -1.83. The number of likely N-dealkylation sites (tertiary alicyclic amines) is 1. The monoisotopic (exact) mass is 417 g/mol. The van der Waals surface area contributed by atoms with Crippen molar-refractivity contribution in [3.05, 3.63) is 39.6 Å². The van der Waals surface area contributed by atoms with Gasteiger partial charge in [0.05, 0.1) is 18.3 Å². The smallest absolute Gasteiger partial charge is 0.522 e. The van der Waals surface area contributed by atoms with Crippen molar-refractivity contribution in [3.8, 4) is 11.5 Å². The van der Waals surface area contributed by atoms with Gasteiger partial charge in [-0.15, -0.1) is 0 Å². The maximum Gasteiger partial charge on any atom is 0.522 e. The molecular weight excluding hydrogens is 401 g/mol.